The second-order valence-electron chi connectivity index (χ2n) is 6.01. The van der Waals surface area contributed by atoms with Crippen LogP contribution in [0.15, 0.2) is 41.3 Å². The molecule has 1 N–H and O–H groups in total. The van der Waals surface area contributed by atoms with Crippen LogP contribution in [0.25, 0.3) is 0 Å². The molecular weight excluding hydrogens is 338 g/mol. The largest absolute Gasteiger partial charge is 0.493 e. The number of sulfonamides is 1. The molecule has 2 aromatic carbocycles. The minimum Gasteiger partial charge on any atom is -0.493 e. The summed E-state index contributed by atoms with van der Waals surface area (Å²) in [5.41, 5.74) is 2.34. The maximum absolute atomic E-state index is 12.7. The molecule has 0 amide bonds. The minimum absolute atomic E-state index is 0.230. The fraction of sp³-hybridized carbons (Fsp3) is 0.368. The van der Waals surface area contributed by atoms with Gasteiger partial charge in [-0.05, 0) is 48.6 Å². The van der Waals surface area contributed by atoms with E-state index in [1.165, 1.54) is 7.11 Å². The predicted octanol–water partition coefficient (Wildman–Crippen LogP) is 4.33. The first-order valence-electron chi connectivity index (χ1n) is 8.17. The van der Waals surface area contributed by atoms with Crippen molar-refractivity contribution in [1.29, 1.82) is 0 Å². The number of benzene rings is 2. The molecule has 0 aromatic heterocycles. The van der Waals surface area contributed by atoms with Crippen LogP contribution in [0.2, 0.25) is 0 Å². The van der Waals surface area contributed by atoms with Crippen molar-refractivity contribution in [3.8, 4) is 11.5 Å². The van der Waals surface area contributed by atoms with Crippen molar-refractivity contribution in [3.05, 3.63) is 47.5 Å². The van der Waals surface area contributed by atoms with Gasteiger partial charge >= 0.3 is 0 Å². The highest BCUT2D eigenvalue weighted by molar-refractivity contribution is 7.92. The molecule has 0 aliphatic rings. The topological polar surface area (TPSA) is 64.6 Å². The number of aryl methyl sites for hydroxylation is 1. The molecule has 5 nitrogen and oxygen atoms in total. The Morgan fingerprint density at radius 1 is 1.04 bits per heavy atom. The number of hydrogen-bond acceptors (Lipinski definition) is 4. The van der Waals surface area contributed by atoms with Crippen LogP contribution < -0.4 is 14.2 Å². The van der Waals surface area contributed by atoms with Gasteiger partial charge in [-0.1, -0.05) is 26.0 Å². The van der Waals surface area contributed by atoms with Crippen molar-refractivity contribution < 1.29 is 17.9 Å². The zero-order chi connectivity index (χ0) is 18.6. The van der Waals surface area contributed by atoms with E-state index in [1.807, 2.05) is 19.1 Å². The van der Waals surface area contributed by atoms with E-state index < -0.39 is 10.0 Å². The van der Waals surface area contributed by atoms with Crippen molar-refractivity contribution >= 4 is 15.7 Å². The first-order valence-corrected chi connectivity index (χ1v) is 9.66. The lowest BCUT2D eigenvalue weighted by Crippen LogP contribution is -2.14. The first-order chi connectivity index (χ1) is 11.8. The summed E-state index contributed by atoms with van der Waals surface area (Å²) in [5, 5.41) is 0. The fourth-order valence-corrected chi connectivity index (χ4v) is 3.63. The quantitative estimate of drug-likeness (QED) is 0.795. The molecule has 136 valence electrons. The third-order valence-electron chi connectivity index (χ3n) is 4.35. The second-order valence-corrected chi connectivity index (χ2v) is 7.69. The van der Waals surface area contributed by atoms with Gasteiger partial charge in [-0.25, -0.2) is 8.42 Å². The molecule has 0 heterocycles. The van der Waals surface area contributed by atoms with Gasteiger partial charge in [0.1, 0.15) is 0 Å². The zero-order valence-electron chi connectivity index (χ0n) is 15.3. The lowest BCUT2D eigenvalue weighted by molar-refractivity contribution is 0.355. The summed E-state index contributed by atoms with van der Waals surface area (Å²) >= 11 is 0. The van der Waals surface area contributed by atoms with Crippen molar-refractivity contribution in [1.82, 2.24) is 0 Å². The van der Waals surface area contributed by atoms with E-state index in [4.69, 9.17) is 9.47 Å². The third kappa shape index (κ3) is 4.25. The molecule has 0 bridgehead atoms. The molecule has 2 aromatic rings. The molecule has 6 heteroatoms. The standard InChI is InChI=1S/C19H25NO4S/c1-6-13(2)15-7-9-16(10-8-15)25(21,22)20-17-12-19(24-5)18(23-4)11-14(17)3/h7-13,20H,6H2,1-5H3. The lowest BCUT2D eigenvalue weighted by Gasteiger charge is -2.15. The number of hydrogen-bond donors (Lipinski definition) is 1. The summed E-state index contributed by atoms with van der Waals surface area (Å²) in [7, 11) is -0.621. The summed E-state index contributed by atoms with van der Waals surface area (Å²) in [4.78, 5) is 0.230. The monoisotopic (exact) mass is 363 g/mol. The Morgan fingerprint density at radius 2 is 1.60 bits per heavy atom. The summed E-state index contributed by atoms with van der Waals surface area (Å²) in [6.07, 6.45) is 1.01. The number of ether oxygens (including phenoxy) is 2. The molecule has 0 aliphatic carbocycles. The highest BCUT2D eigenvalue weighted by Crippen LogP contribution is 2.34. The average molecular weight is 363 g/mol. The molecule has 1 atom stereocenters. The molecule has 25 heavy (non-hydrogen) atoms. The molecule has 2 rings (SSSR count). The number of methoxy groups -OCH3 is 2. The fourth-order valence-electron chi connectivity index (χ4n) is 2.51. The van der Waals surface area contributed by atoms with Crippen LogP contribution in [-0.2, 0) is 10.0 Å². The van der Waals surface area contributed by atoms with Gasteiger partial charge in [0.25, 0.3) is 10.0 Å². The van der Waals surface area contributed by atoms with E-state index in [0.29, 0.717) is 23.1 Å². The van der Waals surface area contributed by atoms with E-state index >= 15 is 0 Å². The van der Waals surface area contributed by atoms with Crippen LogP contribution in [0.4, 0.5) is 5.69 Å². The Bertz CT molecular complexity index is 829. The number of anilines is 1. The van der Waals surface area contributed by atoms with Gasteiger partial charge in [-0.15, -0.1) is 0 Å². The number of rotatable bonds is 7. The van der Waals surface area contributed by atoms with E-state index in [1.54, 1.807) is 31.4 Å². The Labute approximate surface area is 150 Å². The lowest BCUT2D eigenvalue weighted by atomic mass is 9.99. The molecule has 0 fully saturated rings. The van der Waals surface area contributed by atoms with Crippen LogP contribution in [0, 0.1) is 6.92 Å². The van der Waals surface area contributed by atoms with Gasteiger partial charge in [-0.2, -0.15) is 0 Å². The van der Waals surface area contributed by atoms with Crippen LogP contribution in [0.5, 0.6) is 11.5 Å². The van der Waals surface area contributed by atoms with Crippen LogP contribution in [0.1, 0.15) is 37.3 Å². The van der Waals surface area contributed by atoms with Gasteiger partial charge in [-0.3, -0.25) is 4.72 Å². The third-order valence-corrected chi connectivity index (χ3v) is 5.73. The summed E-state index contributed by atoms with van der Waals surface area (Å²) in [5.74, 6) is 1.43. The van der Waals surface area contributed by atoms with Gasteiger partial charge < -0.3 is 9.47 Å². The van der Waals surface area contributed by atoms with Gasteiger partial charge in [0, 0.05) is 6.07 Å². The van der Waals surface area contributed by atoms with Crippen molar-refractivity contribution in [2.24, 2.45) is 0 Å². The summed E-state index contributed by atoms with van der Waals surface area (Å²) < 4.78 is 38.5. The minimum atomic E-state index is -3.68. The van der Waals surface area contributed by atoms with Gasteiger partial charge in [0.05, 0.1) is 24.8 Å². The second kappa shape index (κ2) is 7.78. The van der Waals surface area contributed by atoms with E-state index in [2.05, 4.69) is 18.6 Å². The molecule has 0 saturated carbocycles. The maximum atomic E-state index is 12.7. The van der Waals surface area contributed by atoms with E-state index in [0.717, 1.165) is 17.5 Å². The maximum Gasteiger partial charge on any atom is 0.261 e. The number of nitrogens with one attached hydrogen (secondary N) is 1. The van der Waals surface area contributed by atoms with Crippen molar-refractivity contribution in [2.75, 3.05) is 18.9 Å². The SMILES string of the molecule is CCC(C)c1ccc(S(=O)(=O)Nc2cc(OC)c(OC)cc2C)cc1. The van der Waals surface area contributed by atoms with Gasteiger partial charge in [0.2, 0.25) is 0 Å². The van der Waals surface area contributed by atoms with E-state index in [-0.39, 0.29) is 4.90 Å². The van der Waals surface area contributed by atoms with Crippen LogP contribution in [-0.4, -0.2) is 22.6 Å². The Hall–Kier alpha value is -2.21. The Morgan fingerprint density at radius 3 is 2.12 bits per heavy atom. The van der Waals surface area contributed by atoms with Gasteiger partial charge in [0.15, 0.2) is 11.5 Å². The van der Waals surface area contributed by atoms with Crippen molar-refractivity contribution in [3.63, 3.8) is 0 Å². The van der Waals surface area contributed by atoms with E-state index in [9.17, 15) is 8.42 Å². The highest BCUT2D eigenvalue weighted by atomic mass is 32.2. The molecule has 1 unspecified atom stereocenters. The normalized spacial score (nSPS) is 12.5. The summed E-state index contributed by atoms with van der Waals surface area (Å²) in [6, 6.07) is 10.4. The summed E-state index contributed by atoms with van der Waals surface area (Å²) in [6.45, 7) is 6.04. The Kier molecular flexibility index (Phi) is 5.95. The molecule has 0 saturated heterocycles. The van der Waals surface area contributed by atoms with Crippen LogP contribution >= 0.6 is 0 Å². The molecule has 0 spiro atoms. The molecular formula is C19H25NO4S. The highest BCUT2D eigenvalue weighted by Gasteiger charge is 2.18. The van der Waals surface area contributed by atoms with Crippen LogP contribution in [0.3, 0.4) is 0 Å². The zero-order valence-corrected chi connectivity index (χ0v) is 16.1. The smallest absolute Gasteiger partial charge is 0.261 e. The van der Waals surface area contributed by atoms with Crippen molar-refractivity contribution in [2.45, 2.75) is 38.0 Å². The first kappa shape index (κ1) is 19.1. The average Bonchev–Trinajstić information content (AvgIpc) is 2.62. The molecule has 0 radical (unpaired) electrons. The Balaban J connectivity index is 2.32. The molecule has 0 aliphatic heterocycles. The predicted molar refractivity (Wildman–Crippen MR) is 100 cm³/mol.